The minimum Gasteiger partial charge on any atom is -0.338 e. The molecule has 1 atom stereocenters. The highest BCUT2D eigenvalue weighted by Gasteiger charge is 2.23. The summed E-state index contributed by atoms with van der Waals surface area (Å²) >= 11 is 0. The number of nitrogens with one attached hydrogen (secondary N) is 2. The first-order valence-electron chi connectivity index (χ1n) is 6.19. The zero-order valence-corrected chi connectivity index (χ0v) is 11.6. The zero-order chi connectivity index (χ0) is 12.7. The molecule has 7 heteroatoms. The number of halogens is 1. The molecule has 0 aliphatic carbocycles. The van der Waals surface area contributed by atoms with Gasteiger partial charge in [-0.3, -0.25) is 15.0 Å². The third-order valence-corrected chi connectivity index (χ3v) is 2.96. The average molecular weight is 279 g/mol. The number of carbonyl (C=O) groups excluding carboxylic acids is 2. The summed E-state index contributed by atoms with van der Waals surface area (Å²) in [7, 11) is 0. The van der Waals surface area contributed by atoms with E-state index >= 15 is 0 Å². The second-order valence-corrected chi connectivity index (χ2v) is 4.26. The SMILES string of the molecule is CCNC(=O)NC(=O)CN1CCCCC1CN.Cl. The van der Waals surface area contributed by atoms with E-state index in [4.69, 9.17) is 5.73 Å². The van der Waals surface area contributed by atoms with E-state index in [1.807, 2.05) is 0 Å². The van der Waals surface area contributed by atoms with Gasteiger partial charge in [0.2, 0.25) is 5.91 Å². The fourth-order valence-corrected chi connectivity index (χ4v) is 2.09. The first kappa shape index (κ1) is 17.2. The van der Waals surface area contributed by atoms with Gasteiger partial charge < -0.3 is 11.1 Å². The van der Waals surface area contributed by atoms with Crippen molar-refractivity contribution in [2.45, 2.75) is 32.2 Å². The Morgan fingerprint density at radius 2 is 2.11 bits per heavy atom. The molecule has 0 radical (unpaired) electrons. The third kappa shape index (κ3) is 5.66. The minimum atomic E-state index is -0.432. The number of amides is 3. The number of urea groups is 1. The summed E-state index contributed by atoms with van der Waals surface area (Å²) in [4.78, 5) is 24.8. The van der Waals surface area contributed by atoms with Gasteiger partial charge in [-0.1, -0.05) is 6.42 Å². The predicted molar refractivity (Wildman–Crippen MR) is 72.7 cm³/mol. The standard InChI is InChI=1S/C11H22N4O2.ClH/c1-2-13-11(17)14-10(16)8-15-6-4-3-5-9(15)7-12;/h9H,2-8,12H2,1H3,(H2,13,14,16,17);1H. The highest BCUT2D eigenvalue weighted by molar-refractivity contribution is 5.95. The molecule has 0 aromatic carbocycles. The summed E-state index contributed by atoms with van der Waals surface area (Å²) < 4.78 is 0. The summed E-state index contributed by atoms with van der Waals surface area (Å²) in [5.41, 5.74) is 5.67. The zero-order valence-electron chi connectivity index (χ0n) is 10.8. The maximum absolute atomic E-state index is 11.6. The summed E-state index contributed by atoms with van der Waals surface area (Å²) in [6.45, 7) is 4.01. The van der Waals surface area contributed by atoms with Gasteiger partial charge in [-0.05, 0) is 26.3 Å². The van der Waals surface area contributed by atoms with E-state index in [0.29, 0.717) is 13.1 Å². The molecule has 0 spiro atoms. The molecule has 0 aromatic rings. The third-order valence-electron chi connectivity index (χ3n) is 2.96. The van der Waals surface area contributed by atoms with Gasteiger partial charge in [0.25, 0.3) is 0 Å². The number of piperidine rings is 1. The number of hydrogen-bond acceptors (Lipinski definition) is 4. The Hall–Kier alpha value is -0.850. The van der Waals surface area contributed by atoms with Gasteiger partial charge in [0.1, 0.15) is 0 Å². The maximum Gasteiger partial charge on any atom is 0.321 e. The van der Waals surface area contributed by atoms with Crippen molar-refractivity contribution < 1.29 is 9.59 Å². The molecule has 1 aliphatic rings. The van der Waals surface area contributed by atoms with Crippen LogP contribution in [0.5, 0.6) is 0 Å². The van der Waals surface area contributed by atoms with Gasteiger partial charge >= 0.3 is 6.03 Å². The van der Waals surface area contributed by atoms with E-state index in [2.05, 4.69) is 15.5 Å². The van der Waals surface area contributed by atoms with E-state index in [1.54, 1.807) is 6.92 Å². The van der Waals surface area contributed by atoms with Crippen molar-refractivity contribution in [3.8, 4) is 0 Å². The number of nitrogens with zero attached hydrogens (tertiary/aromatic N) is 1. The molecule has 106 valence electrons. The van der Waals surface area contributed by atoms with E-state index < -0.39 is 6.03 Å². The molecule has 6 nitrogen and oxygen atoms in total. The lowest BCUT2D eigenvalue weighted by molar-refractivity contribution is -0.122. The number of likely N-dealkylation sites (tertiary alicyclic amines) is 1. The lowest BCUT2D eigenvalue weighted by Crippen LogP contribution is -2.50. The highest BCUT2D eigenvalue weighted by atomic mass is 35.5. The van der Waals surface area contributed by atoms with Crippen molar-refractivity contribution in [3.05, 3.63) is 0 Å². The molecule has 1 unspecified atom stereocenters. The monoisotopic (exact) mass is 278 g/mol. The first-order chi connectivity index (χ1) is 8.17. The maximum atomic E-state index is 11.6. The van der Waals surface area contributed by atoms with Crippen LogP contribution in [0.4, 0.5) is 4.79 Å². The minimum absolute atomic E-state index is 0. The van der Waals surface area contributed by atoms with Crippen molar-refractivity contribution in [1.29, 1.82) is 0 Å². The highest BCUT2D eigenvalue weighted by Crippen LogP contribution is 2.15. The first-order valence-corrected chi connectivity index (χ1v) is 6.19. The Labute approximate surface area is 114 Å². The fourth-order valence-electron chi connectivity index (χ4n) is 2.09. The van der Waals surface area contributed by atoms with Gasteiger partial charge in [-0.15, -0.1) is 12.4 Å². The molecule has 1 fully saturated rings. The number of imide groups is 1. The molecule has 18 heavy (non-hydrogen) atoms. The van der Waals surface area contributed by atoms with Crippen LogP contribution in [0.1, 0.15) is 26.2 Å². The average Bonchev–Trinajstić information content (AvgIpc) is 2.29. The molecule has 1 saturated heterocycles. The molecule has 0 bridgehead atoms. The Morgan fingerprint density at radius 3 is 2.72 bits per heavy atom. The summed E-state index contributed by atoms with van der Waals surface area (Å²) in [6, 6.07) is -0.164. The lowest BCUT2D eigenvalue weighted by Gasteiger charge is -2.34. The van der Waals surface area contributed by atoms with Gasteiger partial charge in [-0.25, -0.2) is 4.79 Å². The fraction of sp³-hybridized carbons (Fsp3) is 0.818. The van der Waals surface area contributed by atoms with E-state index in [1.165, 1.54) is 0 Å². The van der Waals surface area contributed by atoms with Crippen molar-refractivity contribution in [1.82, 2.24) is 15.5 Å². The second kappa shape index (κ2) is 9.13. The van der Waals surface area contributed by atoms with E-state index in [-0.39, 0.29) is 30.9 Å². The number of hydrogen-bond donors (Lipinski definition) is 3. The van der Waals surface area contributed by atoms with Crippen LogP contribution in [0.15, 0.2) is 0 Å². The van der Waals surface area contributed by atoms with E-state index in [0.717, 1.165) is 25.8 Å². The van der Waals surface area contributed by atoms with Crippen molar-refractivity contribution in [2.24, 2.45) is 5.73 Å². The molecular weight excluding hydrogens is 256 g/mol. The van der Waals surface area contributed by atoms with Gasteiger partial charge in [0.05, 0.1) is 6.54 Å². The van der Waals surface area contributed by atoms with Crippen LogP contribution in [-0.4, -0.2) is 49.1 Å². The van der Waals surface area contributed by atoms with Gasteiger partial charge in [0, 0.05) is 19.1 Å². The molecule has 1 heterocycles. The molecular formula is C11H23ClN4O2. The number of rotatable bonds is 4. The smallest absolute Gasteiger partial charge is 0.321 e. The van der Waals surface area contributed by atoms with Crippen LogP contribution in [-0.2, 0) is 4.79 Å². The normalized spacial score (nSPS) is 19.8. The lowest BCUT2D eigenvalue weighted by atomic mass is 10.0. The van der Waals surface area contributed by atoms with Crippen molar-refractivity contribution in [2.75, 3.05) is 26.2 Å². The molecule has 4 N–H and O–H groups in total. The Morgan fingerprint density at radius 1 is 1.39 bits per heavy atom. The van der Waals surface area contributed by atoms with Crippen LogP contribution in [0.2, 0.25) is 0 Å². The summed E-state index contributed by atoms with van der Waals surface area (Å²) in [6.07, 6.45) is 3.28. The second-order valence-electron chi connectivity index (χ2n) is 4.26. The van der Waals surface area contributed by atoms with Crippen LogP contribution in [0, 0.1) is 0 Å². The van der Waals surface area contributed by atoms with Crippen LogP contribution < -0.4 is 16.4 Å². The predicted octanol–water partition coefficient (Wildman–Crippen LogP) is 0.0671. The quantitative estimate of drug-likeness (QED) is 0.679. The largest absolute Gasteiger partial charge is 0.338 e. The van der Waals surface area contributed by atoms with Crippen LogP contribution in [0.3, 0.4) is 0 Å². The summed E-state index contributed by atoms with van der Waals surface area (Å²) in [5, 5.41) is 4.83. The van der Waals surface area contributed by atoms with Crippen LogP contribution in [0.25, 0.3) is 0 Å². The van der Waals surface area contributed by atoms with Crippen molar-refractivity contribution in [3.63, 3.8) is 0 Å². The molecule has 1 rings (SSSR count). The Balaban J connectivity index is 0.00000289. The van der Waals surface area contributed by atoms with Gasteiger partial charge in [0.15, 0.2) is 0 Å². The van der Waals surface area contributed by atoms with E-state index in [9.17, 15) is 9.59 Å². The number of nitrogens with two attached hydrogens (primary N) is 1. The summed E-state index contributed by atoms with van der Waals surface area (Å²) in [5.74, 6) is -0.267. The molecule has 0 saturated carbocycles. The van der Waals surface area contributed by atoms with Gasteiger partial charge in [-0.2, -0.15) is 0 Å². The number of carbonyl (C=O) groups is 2. The Kier molecular flexibility index (Phi) is 8.70. The molecule has 1 aliphatic heterocycles. The molecule has 3 amide bonds. The molecule has 0 aromatic heterocycles. The Bertz CT molecular complexity index is 276. The van der Waals surface area contributed by atoms with Crippen molar-refractivity contribution >= 4 is 24.3 Å². The van der Waals surface area contributed by atoms with Crippen LogP contribution >= 0.6 is 12.4 Å². The topological polar surface area (TPSA) is 87.5 Å².